The Balaban J connectivity index is 2.60. The van der Waals surface area contributed by atoms with Crippen LogP contribution in [0.5, 0.6) is 0 Å². The molecule has 0 unspecified atom stereocenters. The number of hydrogen-bond donors (Lipinski definition) is 0. The summed E-state index contributed by atoms with van der Waals surface area (Å²) in [5, 5.41) is 11.5. The van der Waals surface area contributed by atoms with Gasteiger partial charge in [-0.1, -0.05) is 0 Å². The first-order valence-electron chi connectivity index (χ1n) is 6.63. The third-order valence-corrected chi connectivity index (χ3v) is 3.22. The highest BCUT2D eigenvalue weighted by molar-refractivity contribution is 5.75. The molecule has 1 heterocycles. The van der Waals surface area contributed by atoms with Gasteiger partial charge in [0.05, 0.1) is 13.2 Å². The molecule has 0 N–H and O–H groups in total. The predicted octanol–water partition coefficient (Wildman–Crippen LogP) is -0.382. The van der Waals surface area contributed by atoms with Crippen LogP contribution < -0.4 is 0 Å². The average molecular weight is 284 g/mol. The lowest BCUT2D eigenvalue weighted by Gasteiger charge is -2.20. The number of carbonyl (C=O) groups excluding carboxylic acids is 1. The Morgan fingerprint density at radius 2 is 2.10 bits per heavy atom. The van der Waals surface area contributed by atoms with E-state index in [1.54, 1.807) is 23.7 Å². The molecule has 1 aromatic heterocycles. The highest BCUT2D eigenvalue weighted by atomic mass is 16.5. The lowest BCUT2D eigenvalue weighted by atomic mass is 10.3. The van der Waals surface area contributed by atoms with Crippen LogP contribution in [0.15, 0.2) is 0 Å². The van der Waals surface area contributed by atoms with E-state index in [4.69, 9.17) is 4.74 Å². The quantitative estimate of drug-likeness (QED) is 0.647. The van der Waals surface area contributed by atoms with Gasteiger partial charge in [-0.3, -0.25) is 9.69 Å². The van der Waals surface area contributed by atoms with Crippen molar-refractivity contribution in [2.45, 2.75) is 33.0 Å². The third-order valence-electron chi connectivity index (χ3n) is 3.22. The van der Waals surface area contributed by atoms with Gasteiger partial charge in [0.2, 0.25) is 5.91 Å². The molecule has 8 nitrogen and oxygen atoms in total. The fourth-order valence-electron chi connectivity index (χ4n) is 1.47. The van der Waals surface area contributed by atoms with E-state index in [2.05, 4.69) is 34.3 Å². The zero-order chi connectivity index (χ0) is 15.1. The summed E-state index contributed by atoms with van der Waals surface area (Å²) < 4.78 is 6.50. The highest BCUT2D eigenvalue weighted by Crippen LogP contribution is 2.02. The average Bonchev–Trinajstić information content (AvgIpc) is 2.82. The maximum atomic E-state index is 12.0. The standard InChI is InChI=1S/C12H24N6O2/c1-10(2)17(4)8-11-13-14-15-18(11)9-12(19)16(3)6-7-20-5/h10H,6-9H2,1-5H3. The molecule has 1 rings (SSSR count). The first-order valence-corrected chi connectivity index (χ1v) is 6.63. The van der Waals surface area contributed by atoms with Gasteiger partial charge in [-0.15, -0.1) is 5.10 Å². The Hall–Kier alpha value is -1.54. The van der Waals surface area contributed by atoms with Crippen LogP contribution in [0.3, 0.4) is 0 Å². The van der Waals surface area contributed by atoms with Gasteiger partial charge in [0.25, 0.3) is 0 Å². The largest absolute Gasteiger partial charge is 0.383 e. The second-order valence-electron chi connectivity index (χ2n) is 5.07. The van der Waals surface area contributed by atoms with Gasteiger partial charge in [0.15, 0.2) is 5.82 Å². The summed E-state index contributed by atoms with van der Waals surface area (Å²) in [5.41, 5.74) is 0. The Morgan fingerprint density at radius 3 is 2.70 bits per heavy atom. The van der Waals surface area contributed by atoms with E-state index in [1.807, 2.05) is 7.05 Å². The smallest absolute Gasteiger partial charge is 0.244 e. The van der Waals surface area contributed by atoms with E-state index in [0.717, 1.165) is 0 Å². The predicted molar refractivity (Wildman–Crippen MR) is 73.9 cm³/mol. The van der Waals surface area contributed by atoms with Crippen molar-refractivity contribution in [3.05, 3.63) is 5.82 Å². The third kappa shape index (κ3) is 4.86. The summed E-state index contributed by atoms with van der Waals surface area (Å²) in [4.78, 5) is 15.8. The molecule has 20 heavy (non-hydrogen) atoms. The van der Waals surface area contributed by atoms with Crippen molar-refractivity contribution in [2.75, 3.05) is 34.4 Å². The molecule has 1 aromatic rings. The first kappa shape index (κ1) is 16.5. The molecular weight excluding hydrogens is 260 g/mol. The Labute approximate surface area is 119 Å². The topological polar surface area (TPSA) is 76.4 Å². The fourth-order valence-corrected chi connectivity index (χ4v) is 1.47. The molecule has 0 saturated carbocycles. The van der Waals surface area contributed by atoms with Crippen LogP contribution in [0.4, 0.5) is 0 Å². The normalized spacial score (nSPS) is 11.3. The molecule has 1 amide bonds. The van der Waals surface area contributed by atoms with Crippen LogP contribution >= 0.6 is 0 Å². The van der Waals surface area contributed by atoms with Gasteiger partial charge in [-0.2, -0.15) is 0 Å². The van der Waals surface area contributed by atoms with E-state index in [1.165, 1.54) is 0 Å². The van der Waals surface area contributed by atoms with Gasteiger partial charge in [0, 0.05) is 26.7 Å². The molecule has 0 radical (unpaired) electrons. The summed E-state index contributed by atoms with van der Waals surface area (Å²) in [6, 6.07) is 0.389. The number of methoxy groups -OCH3 is 1. The second-order valence-corrected chi connectivity index (χ2v) is 5.07. The van der Waals surface area contributed by atoms with Gasteiger partial charge in [-0.25, -0.2) is 4.68 Å². The van der Waals surface area contributed by atoms with Crippen LogP contribution in [0, 0.1) is 0 Å². The second kappa shape index (κ2) is 7.91. The summed E-state index contributed by atoms with van der Waals surface area (Å²) in [7, 11) is 5.35. The number of amides is 1. The van der Waals surface area contributed by atoms with Crippen LogP contribution in [-0.4, -0.2) is 76.3 Å². The van der Waals surface area contributed by atoms with Crippen molar-refractivity contribution < 1.29 is 9.53 Å². The van der Waals surface area contributed by atoms with Crippen LogP contribution in [0.1, 0.15) is 19.7 Å². The molecule has 0 aromatic carbocycles. The maximum Gasteiger partial charge on any atom is 0.244 e. The molecule has 0 spiro atoms. The van der Waals surface area contributed by atoms with Gasteiger partial charge in [-0.05, 0) is 31.3 Å². The molecule has 0 aliphatic heterocycles. The molecular formula is C12H24N6O2. The monoisotopic (exact) mass is 284 g/mol. The number of rotatable bonds is 8. The minimum Gasteiger partial charge on any atom is -0.383 e. The summed E-state index contributed by atoms with van der Waals surface area (Å²) in [6.45, 7) is 6.02. The fraction of sp³-hybridized carbons (Fsp3) is 0.833. The SMILES string of the molecule is COCCN(C)C(=O)Cn1nnnc1CN(C)C(C)C. The van der Waals surface area contributed by atoms with Crippen molar-refractivity contribution in [3.63, 3.8) is 0 Å². The molecule has 0 atom stereocenters. The van der Waals surface area contributed by atoms with Crippen LogP contribution in [0.2, 0.25) is 0 Å². The molecule has 8 heteroatoms. The zero-order valence-corrected chi connectivity index (χ0v) is 12.9. The van der Waals surface area contributed by atoms with E-state index in [0.29, 0.717) is 31.6 Å². The Kier molecular flexibility index (Phi) is 6.53. The summed E-state index contributed by atoms with van der Waals surface area (Å²) in [5.74, 6) is 0.650. The Bertz CT molecular complexity index is 420. The van der Waals surface area contributed by atoms with Crippen molar-refractivity contribution in [1.29, 1.82) is 0 Å². The lowest BCUT2D eigenvalue weighted by Crippen LogP contribution is -2.34. The molecule has 0 bridgehead atoms. The van der Waals surface area contributed by atoms with Gasteiger partial charge < -0.3 is 9.64 Å². The minimum atomic E-state index is -0.0391. The van der Waals surface area contributed by atoms with Crippen molar-refractivity contribution in [1.82, 2.24) is 30.0 Å². The highest BCUT2D eigenvalue weighted by Gasteiger charge is 2.15. The first-order chi connectivity index (χ1) is 9.45. The molecule has 0 fully saturated rings. The van der Waals surface area contributed by atoms with Gasteiger partial charge >= 0.3 is 0 Å². The molecule has 0 aliphatic carbocycles. The van der Waals surface area contributed by atoms with E-state index >= 15 is 0 Å². The lowest BCUT2D eigenvalue weighted by molar-refractivity contribution is -0.131. The van der Waals surface area contributed by atoms with Crippen LogP contribution in [0.25, 0.3) is 0 Å². The molecule has 0 saturated heterocycles. The molecule has 0 aliphatic rings. The minimum absolute atomic E-state index is 0.0391. The van der Waals surface area contributed by atoms with Crippen molar-refractivity contribution in [2.24, 2.45) is 0 Å². The number of ether oxygens (including phenoxy) is 1. The van der Waals surface area contributed by atoms with E-state index < -0.39 is 0 Å². The number of carbonyl (C=O) groups is 1. The summed E-state index contributed by atoms with van der Waals surface area (Å²) in [6.07, 6.45) is 0. The Morgan fingerprint density at radius 1 is 1.40 bits per heavy atom. The van der Waals surface area contributed by atoms with E-state index in [-0.39, 0.29) is 12.5 Å². The van der Waals surface area contributed by atoms with E-state index in [9.17, 15) is 4.79 Å². The molecule has 114 valence electrons. The number of tetrazole rings is 1. The van der Waals surface area contributed by atoms with Crippen molar-refractivity contribution >= 4 is 5.91 Å². The number of hydrogen-bond acceptors (Lipinski definition) is 6. The van der Waals surface area contributed by atoms with Crippen molar-refractivity contribution in [3.8, 4) is 0 Å². The van der Waals surface area contributed by atoms with Crippen LogP contribution in [-0.2, 0) is 22.6 Å². The number of aromatic nitrogens is 4. The maximum absolute atomic E-state index is 12.0. The summed E-state index contributed by atoms with van der Waals surface area (Å²) >= 11 is 0. The van der Waals surface area contributed by atoms with Gasteiger partial charge in [0.1, 0.15) is 6.54 Å². The number of likely N-dealkylation sites (N-methyl/N-ethyl adjacent to an activating group) is 1. The zero-order valence-electron chi connectivity index (χ0n) is 12.9. The number of nitrogens with zero attached hydrogens (tertiary/aromatic N) is 6.